The minimum Gasteiger partial charge on any atom is -0.393 e. The zero-order chi connectivity index (χ0) is 30.0. The number of non-ortho nitro benzene ring substituents is 1. The van der Waals surface area contributed by atoms with Gasteiger partial charge in [-0.15, -0.1) is 11.8 Å². The Morgan fingerprint density at radius 2 is 1.85 bits per heavy atom. The van der Waals surface area contributed by atoms with E-state index >= 15 is 0 Å². The smallest absolute Gasteiger partial charge is 0.363 e. The molecule has 4 aliphatic rings. The molecule has 0 radical (unpaired) electrons. The first-order chi connectivity index (χ1) is 19.6. The molecule has 0 aromatic heterocycles. The molecule has 8 atom stereocenters. The number of hydrogen-bond acceptors (Lipinski definition) is 11. The van der Waals surface area contributed by atoms with Gasteiger partial charge in [0.05, 0.1) is 34.7 Å². The molecule has 4 aliphatic heterocycles. The second-order valence-electron chi connectivity index (χ2n) is 10.7. The fourth-order valence-corrected chi connectivity index (χ4v) is 7.63. The molecule has 4 heterocycles. The monoisotopic (exact) mass is 590 g/mol. The molecule has 13 heteroatoms. The molecule has 0 bridgehead atoms. The van der Waals surface area contributed by atoms with Crippen LogP contribution in [0.4, 0.5) is 5.69 Å². The number of rotatable bonds is 8. The van der Waals surface area contributed by atoms with Crippen molar-refractivity contribution >= 4 is 35.3 Å². The number of aliphatic hydroxyl groups excluding tert-OH is 2. The highest BCUT2D eigenvalue weighted by atomic mass is 32.2. The molecule has 3 saturated heterocycles. The number of nitro groups is 1. The number of ether oxygens (including phenoxy) is 1. The molecule has 1 aromatic carbocycles. The van der Waals surface area contributed by atoms with Gasteiger partial charge in [0, 0.05) is 53.3 Å². The number of nitrogens with zero attached hydrogens (tertiary/aromatic N) is 2. The third kappa shape index (κ3) is 6.05. The van der Waals surface area contributed by atoms with E-state index in [4.69, 9.17) is 4.74 Å². The number of benzene rings is 1. The zero-order valence-electron chi connectivity index (χ0n) is 23.6. The number of carbonyl (C=O) groups is 3. The molecular formula is C28H38N4O8S. The van der Waals surface area contributed by atoms with Gasteiger partial charge < -0.3 is 30.5 Å². The SMILES string of the molecule is CC.C[C@@H](O)[C@H]1C(=O)N2C(C(=O)OC(=O)c3ccc([N+](=O)[O-])cc3)=C(S[C@@H]3CN[C@H]([C@H](O)[C@@H]4CCNC4)C3)[C@H](C)[C@H]12. The lowest BCUT2D eigenvalue weighted by atomic mass is 9.79. The standard InChI is InChI=1S/C26H32N4O8S.C2H6/c1-12-20-19(13(2)31)24(33)29(20)21(26(35)38-25(34)14-3-5-16(6-4-14)30(36)37)23(12)39-17-9-18(28-11-17)22(32)15-7-8-27-10-15;1-2/h3-6,12-13,15,17-20,22,27-28,31-32H,7-11H2,1-2H3;1-2H3/t12-,13-,15-,17+,18+,19-,20-,22-;/m1./s1. The summed E-state index contributed by atoms with van der Waals surface area (Å²) in [7, 11) is 0. The molecule has 0 spiro atoms. The number of fused-ring (bicyclic) bond motifs is 1. The Morgan fingerprint density at radius 3 is 2.44 bits per heavy atom. The van der Waals surface area contributed by atoms with Gasteiger partial charge in [0.2, 0.25) is 5.91 Å². The van der Waals surface area contributed by atoms with Gasteiger partial charge in [-0.05, 0) is 38.4 Å². The van der Waals surface area contributed by atoms with Crippen molar-refractivity contribution in [1.29, 1.82) is 0 Å². The normalized spacial score (nSPS) is 30.2. The zero-order valence-corrected chi connectivity index (χ0v) is 24.4. The Kier molecular flexibility index (Phi) is 9.85. The van der Waals surface area contributed by atoms with Crippen molar-refractivity contribution in [1.82, 2.24) is 15.5 Å². The Hall–Kier alpha value is -2.84. The van der Waals surface area contributed by atoms with E-state index in [2.05, 4.69) is 10.6 Å². The molecule has 3 fully saturated rings. The van der Waals surface area contributed by atoms with Gasteiger partial charge in [-0.1, -0.05) is 20.8 Å². The van der Waals surface area contributed by atoms with Gasteiger partial charge in [-0.25, -0.2) is 9.59 Å². The van der Waals surface area contributed by atoms with Crippen LogP contribution in [0.25, 0.3) is 0 Å². The molecule has 4 N–H and O–H groups in total. The highest BCUT2D eigenvalue weighted by Gasteiger charge is 2.60. The summed E-state index contributed by atoms with van der Waals surface area (Å²) in [6.07, 6.45) is 0.182. The Balaban J connectivity index is 0.00000189. The van der Waals surface area contributed by atoms with Gasteiger partial charge in [0.1, 0.15) is 5.70 Å². The van der Waals surface area contributed by atoms with Gasteiger partial charge in [0.25, 0.3) is 5.69 Å². The number of aliphatic hydroxyl groups is 2. The first kappa shape index (κ1) is 31.1. The quantitative estimate of drug-likeness (QED) is 0.114. The summed E-state index contributed by atoms with van der Waals surface area (Å²) in [4.78, 5) is 51.3. The highest BCUT2D eigenvalue weighted by Crippen LogP contribution is 2.52. The number of nitro benzene ring substituents is 1. The number of β-lactam (4-membered cyclic amide) rings is 1. The number of nitrogens with one attached hydrogen (secondary N) is 2. The number of hydrogen-bond donors (Lipinski definition) is 4. The first-order valence-corrected chi connectivity index (χ1v) is 15.0. The van der Waals surface area contributed by atoms with Crippen LogP contribution in [-0.2, 0) is 14.3 Å². The Bertz CT molecular complexity index is 1200. The van der Waals surface area contributed by atoms with Crippen molar-refractivity contribution in [2.45, 2.75) is 70.1 Å². The van der Waals surface area contributed by atoms with E-state index in [1.54, 1.807) is 6.92 Å². The maximum atomic E-state index is 13.4. The van der Waals surface area contributed by atoms with Crippen molar-refractivity contribution in [3.8, 4) is 0 Å². The van der Waals surface area contributed by atoms with Crippen molar-refractivity contribution in [2.75, 3.05) is 19.6 Å². The highest BCUT2D eigenvalue weighted by molar-refractivity contribution is 8.03. The van der Waals surface area contributed by atoms with E-state index < -0.39 is 46.9 Å². The molecule has 0 saturated carbocycles. The maximum Gasteiger partial charge on any atom is 0.363 e. The second-order valence-corrected chi connectivity index (χ2v) is 12.0. The molecule has 224 valence electrons. The number of esters is 2. The molecule has 12 nitrogen and oxygen atoms in total. The third-order valence-electron chi connectivity index (χ3n) is 8.21. The van der Waals surface area contributed by atoms with Gasteiger partial charge in [-0.2, -0.15) is 0 Å². The van der Waals surface area contributed by atoms with Crippen molar-refractivity contribution in [3.63, 3.8) is 0 Å². The lowest BCUT2D eigenvalue weighted by Gasteiger charge is -2.46. The lowest BCUT2D eigenvalue weighted by Crippen LogP contribution is -2.63. The van der Waals surface area contributed by atoms with Gasteiger partial charge >= 0.3 is 11.9 Å². The molecule has 0 aliphatic carbocycles. The topological polar surface area (TPSA) is 171 Å². The number of thioether (sulfide) groups is 1. The van der Waals surface area contributed by atoms with Crippen molar-refractivity contribution < 1.29 is 34.3 Å². The Labute approximate surface area is 243 Å². The van der Waals surface area contributed by atoms with Crippen molar-refractivity contribution in [2.24, 2.45) is 17.8 Å². The fraction of sp³-hybridized carbons (Fsp3) is 0.607. The summed E-state index contributed by atoms with van der Waals surface area (Å²) in [5.41, 5.74) is -0.250. The van der Waals surface area contributed by atoms with Gasteiger partial charge in [-0.3, -0.25) is 14.9 Å². The average Bonchev–Trinajstić information content (AvgIpc) is 3.70. The van der Waals surface area contributed by atoms with E-state index in [1.807, 2.05) is 20.8 Å². The average molecular weight is 591 g/mol. The van der Waals surface area contributed by atoms with E-state index in [9.17, 15) is 34.7 Å². The molecule has 0 unspecified atom stereocenters. The van der Waals surface area contributed by atoms with E-state index in [-0.39, 0.29) is 40.1 Å². The summed E-state index contributed by atoms with van der Waals surface area (Å²) < 4.78 is 5.15. The van der Waals surface area contributed by atoms with E-state index in [0.29, 0.717) is 17.9 Å². The van der Waals surface area contributed by atoms with Crippen LogP contribution in [0.15, 0.2) is 34.9 Å². The Morgan fingerprint density at radius 1 is 1.17 bits per heavy atom. The summed E-state index contributed by atoms with van der Waals surface area (Å²) >= 11 is 1.44. The van der Waals surface area contributed by atoms with Crippen molar-refractivity contribution in [3.05, 3.63) is 50.5 Å². The molecule has 41 heavy (non-hydrogen) atoms. The largest absolute Gasteiger partial charge is 0.393 e. The van der Waals surface area contributed by atoms with Crippen LogP contribution in [0.3, 0.4) is 0 Å². The predicted octanol–water partition coefficient (Wildman–Crippen LogP) is 1.81. The van der Waals surface area contributed by atoms with Gasteiger partial charge in [0.15, 0.2) is 0 Å². The fourth-order valence-electron chi connectivity index (χ4n) is 6.14. The van der Waals surface area contributed by atoms with E-state index in [1.165, 1.54) is 28.8 Å². The van der Waals surface area contributed by atoms with Crippen LogP contribution in [0.1, 0.15) is 50.9 Å². The first-order valence-electron chi connectivity index (χ1n) is 14.1. The summed E-state index contributed by atoms with van der Waals surface area (Å²) in [6.45, 7) is 9.69. The third-order valence-corrected chi connectivity index (χ3v) is 9.72. The number of amides is 1. The minimum atomic E-state index is -0.987. The van der Waals surface area contributed by atoms with Crippen LogP contribution in [0.2, 0.25) is 0 Å². The maximum absolute atomic E-state index is 13.4. The summed E-state index contributed by atoms with van der Waals surface area (Å²) in [5, 5.41) is 38.7. The minimum absolute atomic E-state index is 0.00125. The predicted molar refractivity (Wildman–Crippen MR) is 152 cm³/mol. The summed E-state index contributed by atoms with van der Waals surface area (Å²) in [5.74, 6) is -3.13. The lowest BCUT2D eigenvalue weighted by molar-refractivity contribution is -0.384. The summed E-state index contributed by atoms with van der Waals surface area (Å²) in [6, 6.07) is 4.16. The van der Waals surface area contributed by atoms with Crippen LogP contribution >= 0.6 is 11.8 Å². The molecule has 5 rings (SSSR count). The second kappa shape index (κ2) is 13.0. The van der Waals surface area contributed by atoms with Crippen LogP contribution < -0.4 is 10.6 Å². The molecular weight excluding hydrogens is 552 g/mol. The van der Waals surface area contributed by atoms with Crippen LogP contribution in [0, 0.1) is 27.9 Å². The van der Waals surface area contributed by atoms with Crippen LogP contribution in [-0.4, -0.2) is 87.1 Å². The molecule has 1 aromatic rings. The number of carbonyl (C=O) groups excluding carboxylic acids is 3. The molecule has 1 amide bonds. The van der Waals surface area contributed by atoms with Crippen LogP contribution in [0.5, 0.6) is 0 Å². The van der Waals surface area contributed by atoms with E-state index in [0.717, 1.165) is 31.6 Å².